The van der Waals surface area contributed by atoms with Crippen molar-refractivity contribution in [3.05, 3.63) is 89.5 Å². The molecule has 1 aliphatic carbocycles. The maximum Gasteiger partial charge on any atom is 0.246 e. The van der Waals surface area contributed by atoms with Gasteiger partial charge in [-0.05, 0) is 48.2 Å². The van der Waals surface area contributed by atoms with Gasteiger partial charge < -0.3 is 19.7 Å². The van der Waals surface area contributed by atoms with Crippen LogP contribution in [0.5, 0.6) is 0 Å². The first-order valence-electron chi connectivity index (χ1n) is 11.9. The summed E-state index contributed by atoms with van der Waals surface area (Å²) in [7, 11) is 1.47. The first-order valence-corrected chi connectivity index (χ1v) is 11.9. The van der Waals surface area contributed by atoms with Crippen LogP contribution in [0, 0.1) is 11.6 Å². The van der Waals surface area contributed by atoms with Crippen LogP contribution in [0.4, 0.5) is 8.78 Å². The molecule has 1 N–H and O–H groups in total. The zero-order valence-electron chi connectivity index (χ0n) is 20.2. The van der Waals surface area contributed by atoms with Gasteiger partial charge in [0.25, 0.3) is 0 Å². The van der Waals surface area contributed by atoms with E-state index in [1.54, 1.807) is 11.0 Å². The van der Waals surface area contributed by atoms with Crippen molar-refractivity contribution < 1.29 is 27.8 Å². The van der Waals surface area contributed by atoms with E-state index < -0.39 is 17.0 Å². The van der Waals surface area contributed by atoms with Crippen LogP contribution in [0.25, 0.3) is 6.08 Å². The molecule has 1 spiro atoms. The minimum absolute atomic E-state index is 0.0223. The summed E-state index contributed by atoms with van der Waals surface area (Å²) in [5.41, 5.74) is 1.72. The third-order valence-electron chi connectivity index (χ3n) is 7.00. The molecule has 2 amide bonds. The van der Waals surface area contributed by atoms with Crippen molar-refractivity contribution in [2.45, 2.75) is 30.4 Å². The molecule has 4 rings (SSSR count). The summed E-state index contributed by atoms with van der Waals surface area (Å²) >= 11 is 0. The van der Waals surface area contributed by atoms with Gasteiger partial charge in [0.1, 0.15) is 18.2 Å². The first kappa shape index (κ1) is 25.7. The van der Waals surface area contributed by atoms with Gasteiger partial charge in [0.2, 0.25) is 11.8 Å². The van der Waals surface area contributed by atoms with Crippen LogP contribution >= 0.6 is 0 Å². The van der Waals surface area contributed by atoms with Crippen molar-refractivity contribution in [1.29, 1.82) is 0 Å². The van der Waals surface area contributed by atoms with Gasteiger partial charge in [0.05, 0.1) is 18.8 Å². The Bertz CT molecular complexity index is 1160. The molecule has 0 aromatic heterocycles. The summed E-state index contributed by atoms with van der Waals surface area (Å²) < 4.78 is 38.6. The summed E-state index contributed by atoms with van der Waals surface area (Å²) in [6.45, 7) is 4.94. The number of benzene rings is 2. The molecule has 0 radical (unpaired) electrons. The van der Waals surface area contributed by atoms with Crippen molar-refractivity contribution in [2.24, 2.45) is 0 Å². The van der Waals surface area contributed by atoms with Crippen LogP contribution in [0.15, 0.2) is 61.2 Å². The van der Waals surface area contributed by atoms with Gasteiger partial charge in [-0.3, -0.25) is 9.59 Å². The molecule has 0 saturated carbocycles. The number of likely N-dealkylation sites (tertiary alicyclic amines) is 1. The Balaban J connectivity index is 1.55. The largest absolute Gasteiger partial charge is 0.375 e. The first-order chi connectivity index (χ1) is 17.4. The van der Waals surface area contributed by atoms with Gasteiger partial charge in [-0.2, -0.15) is 0 Å². The number of methoxy groups -OCH3 is 1. The van der Waals surface area contributed by atoms with E-state index in [2.05, 4.69) is 18.0 Å². The van der Waals surface area contributed by atoms with E-state index in [4.69, 9.17) is 9.47 Å². The number of carbonyl (C=O) groups is 2. The smallest absolute Gasteiger partial charge is 0.246 e. The van der Waals surface area contributed by atoms with Gasteiger partial charge in [-0.25, -0.2) is 8.78 Å². The minimum Gasteiger partial charge on any atom is -0.375 e. The summed E-state index contributed by atoms with van der Waals surface area (Å²) in [6.07, 6.45) is 5.15. The highest BCUT2D eigenvalue weighted by molar-refractivity contribution is 5.92. The second kappa shape index (κ2) is 11.1. The average molecular weight is 497 g/mol. The minimum atomic E-state index is -0.593. The fourth-order valence-corrected chi connectivity index (χ4v) is 5.37. The lowest BCUT2D eigenvalue weighted by atomic mass is 9.71. The second-order valence-corrected chi connectivity index (χ2v) is 9.09. The molecule has 190 valence electrons. The fourth-order valence-electron chi connectivity index (χ4n) is 5.37. The average Bonchev–Trinajstić information content (AvgIpc) is 3.12. The molecule has 1 aliphatic heterocycles. The molecule has 1 heterocycles. The molecule has 1 fully saturated rings. The van der Waals surface area contributed by atoms with Crippen LogP contribution in [0.1, 0.15) is 35.6 Å². The number of nitrogens with one attached hydrogen (secondary N) is 1. The third-order valence-corrected chi connectivity index (χ3v) is 7.00. The molecule has 2 aromatic rings. The van der Waals surface area contributed by atoms with Crippen molar-refractivity contribution in [1.82, 2.24) is 10.2 Å². The highest BCUT2D eigenvalue weighted by atomic mass is 19.1. The zero-order valence-corrected chi connectivity index (χ0v) is 20.2. The van der Waals surface area contributed by atoms with E-state index in [-0.39, 0.29) is 36.1 Å². The zero-order chi connectivity index (χ0) is 25.7. The number of nitrogens with zero attached hydrogens (tertiary/aromatic N) is 1. The molecular formula is C28H30F2N2O4. The maximum atomic E-state index is 13.9. The number of amides is 2. The number of hydrogen-bond donors (Lipinski definition) is 1. The lowest BCUT2D eigenvalue weighted by molar-refractivity contribution is -0.129. The van der Waals surface area contributed by atoms with E-state index in [1.807, 2.05) is 18.2 Å². The fraction of sp³-hybridized carbons (Fsp3) is 0.357. The predicted molar refractivity (Wildman–Crippen MR) is 132 cm³/mol. The van der Waals surface area contributed by atoms with Crippen LogP contribution in [0.3, 0.4) is 0 Å². The maximum absolute atomic E-state index is 13.9. The van der Waals surface area contributed by atoms with Crippen molar-refractivity contribution in [2.75, 3.05) is 33.4 Å². The van der Waals surface area contributed by atoms with Crippen molar-refractivity contribution in [3.8, 4) is 0 Å². The molecule has 8 heteroatoms. The Morgan fingerprint density at radius 1 is 1.19 bits per heavy atom. The number of halogens is 2. The number of hydrogen-bond acceptors (Lipinski definition) is 4. The highest BCUT2D eigenvalue weighted by Gasteiger charge is 2.54. The van der Waals surface area contributed by atoms with Gasteiger partial charge in [0, 0.05) is 37.3 Å². The lowest BCUT2D eigenvalue weighted by Gasteiger charge is -2.44. The Morgan fingerprint density at radius 2 is 1.94 bits per heavy atom. The SMILES string of the molecule is C=CCO[C@H]1[C@H](NC(=O)COC)c2ccccc2C12CCN(C(=O)/C=C/c1cc(F)ccc1F)CC2. The molecule has 0 unspecified atom stereocenters. The Morgan fingerprint density at radius 3 is 2.67 bits per heavy atom. The molecule has 2 aromatic carbocycles. The monoisotopic (exact) mass is 496 g/mol. The van der Waals surface area contributed by atoms with Crippen LogP contribution < -0.4 is 5.32 Å². The quantitative estimate of drug-likeness (QED) is 0.444. The Labute approximate surface area is 209 Å². The number of ether oxygens (including phenoxy) is 2. The topological polar surface area (TPSA) is 67.9 Å². The van der Waals surface area contributed by atoms with Crippen molar-refractivity contribution >= 4 is 17.9 Å². The Kier molecular flexibility index (Phi) is 7.96. The van der Waals surface area contributed by atoms with E-state index in [9.17, 15) is 18.4 Å². The lowest BCUT2D eigenvalue weighted by Crippen LogP contribution is -2.52. The molecule has 2 atom stereocenters. The number of fused-ring (bicyclic) bond motifs is 2. The van der Waals surface area contributed by atoms with Gasteiger partial charge in [-0.1, -0.05) is 30.3 Å². The van der Waals surface area contributed by atoms with E-state index in [0.29, 0.717) is 32.5 Å². The van der Waals surface area contributed by atoms with E-state index >= 15 is 0 Å². The predicted octanol–water partition coefficient (Wildman–Crippen LogP) is 3.93. The van der Waals surface area contributed by atoms with Crippen LogP contribution in [0.2, 0.25) is 0 Å². The normalized spacial score (nSPS) is 20.5. The van der Waals surface area contributed by atoms with Gasteiger partial charge >= 0.3 is 0 Å². The van der Waals surface area contributed by atoms with Gasteiger partial charge in [-0.15, -0.1) is 6.58 Å². The molecular weight excluding hydrogens is 466 g/mol. The third kappa shape index (κ3) is 5.10. The molecule has 6 nitrogen and oxygen atoms in total. The number of piperidine rings is 1. The van der Waals surface area contributed by atoms with Gasteiger partial charge in [0.15, 0.2) is 0 Å². The summed E-state index contributed by atoms with van der Waals surface area (Å²) in [6, 6.07) is 10.7. The van der Waals surface area contributed by atoms with Crippen LogP contribution in [-0.2, 0) is 24.5 Å². The number of carbonyl (C=O) groups excluding carboxylic acids is 2. The van der Waals surface area contributed by atoms with E-state index in [0.717, 1.165) is 29.3 Å². The van der Waals surface area contributed by atoms with Crippen LogP contribution in [-0.4, -0.2) is 56.2 Å². The van der Waals surface area contributed by atoms with Crippen molar-refractivity contribution in [3.63, 3.8) is 0 Å². The standard InChI is InChI=1S/C28H30F2N2O4/c1-3-16-36-27-26(31-24(33)18-35-2)21-6-4-5-7-22(21)28(27)12-14-32(15-13-28)25(34)11-8-19-17-20(29)9-10-23(19)30/h3-11,17,26-27H,1,12-16,18H2,2H3,(H,31,33)/b11-8+/t26-,27+/m1/s1. The highest BCUT2D eigenvalue weighted by Crippen LogP contribution is 2.52. The molecule has 36 heavy (non-hydrogen) atoms. The molecule has 1 saturated heterocycles. The number of rotatable bonds is 8. The Hall–Kier alpha value is -3.36. The summed E-state index contributed by atoms with van der Waals surface area (Å²) in [4.78, 5) is 27.0. The van der Waals surface area contributed by atoms with E-state index in [1.165, 1.54) is 19.3 Å². The second-order valence-electron chi connectivity index (χ2n) is 9.09. The summed E-state index contributed by atoms with van der Waals surface area (Å²) in [5, 5.41) is 3.07. The molecule has 2 aliphatic rings. The summed E-state index contributed by atoms with van der Waals surface area (Å²) in [5.74, 6) is -1.66. The molecule has 0 bridgehead atoms.